The molecule has 2 aromatic rings. The molecule has 0 aliphatic rings. The van der Waals surface area contributed by atoms with Crippen LogP contribution in [0, 0.1) is 23.3 Å². The van der Waals surface area contributed by atoms with E-state index in [2.05, 4.69) is 5.32 Å². The van der Waals surface area contributed by atoms with E-state index in [0.29, 0.717) is 0 Å². The van der Waals surface area contributed by atoms with Crippen molar-refractivity contribution in [3.8, 4) is 0 Å². The molecule has 24 heavy (non-hydrogen) atoms. The molecular formula is C17H15F4NO2. The van der Waals surface area contributed by atoms with E-state index in [1.807, 2.05) is 0 Å². The molecular weight excluding hydrogens is 326 g/mol. The molecule has 0 saturated carbocycles. The molecule has 2 unspecified atom stereocenters. The molecule has 0 fully saturated rings. The molecule has 2 atom stereocenters. The Morgan fingerprint density at radius 1 is 1.08 bits per heavy atom. The minimum absolute atomic E-state index is 0.0821. The zero-order valence-corrected chi connectivity index (χ0v) is 12.7. The zero-order chi connectivity index (χ0) is 17.9. The number of aliphatic hydroxyl groups excluding tert-OH is 1. The van der Waals surface area contributed by atoms with Gasteiger partial charge in [0, 0.05) is 5.56 Å². The first-order valence-electron chi connectivity index (χ1n) is 7.15. The van der Waals surface area contributed by atoms with E-state index in [0.717, 1.165) is 18.2 Å². The van der Waals surface area contributed by atoms with Crippen molar-refractivity contribution in [1.29, 1.82) is 0 Å². The van der Waals surface area contributed by atoms with Crippen molar-refractivity contribution in [1.82, 2.24) is 5.32 Å². The van der Waals surface area contributed by atoms with Gasteiger partial charge >= 0.3 is 0 Å². The van der Waals surface area contributed by atoms with E-state index in [4.69, 9.17) is 0 Å². The minimum atomic E-state index is -1.29. The van der Waals surface area contributed by atoms with Gasteiger partial charge < -0.3 is 10.4 Å². The molecule has 128 valence electrons. The van der Waals surface area contributed by atoms with Crippen molar-refractivity contribution >= 4 is 5.91 Å². The highest BCUT2D eigenvalue weighted by Crippen LogP contribution is 2.19. The lowest BCUT2D eigenvalue weighted by Gasteiger charge is -2.21. The third-order valence-electron chi connectivity index (χ3n) is 3.53. The smallest absolute Gasteiger partial charge is 0.224 e. The van der Waals surface area contributed by atoms with Crippen molar-refractivity contribution < 1.29 is 27.5 Å². The van der Waals surface area contributed by atoms with Gasteiger partial charge in [0.15, 0.2) is 23.3 Å². The maximum Gasteiger partial charge on any atom is 0.224 e. The molecule has 0 aliphatic heterocycles. The molecule has 0 bridgehead atoms. The van der Waals surface area contributed by atoms with Gasteiger partial charge in [0.1, 0.15) is 0 Å². The van der Waals surface area contributed by atoms with Crippen LogP contribution in [-0.2, 0) is 11.2 Å². The van der Waals surface area contributed by atoms with Crippen LogP contribution in [0.3, 0.4) is 0 Å². The predicted octanol–water partition coefficient (Wildman–Crippen LogP) is 3.02. The molecule has 3 nitrogen and oxygen atoms in total. The maximum atomic E-state index is 13.5. The first-order chi connectivity index (χ1) is 11.3. The fourth-order valence-electron chi connectivity index (χ4n) is 2.23. The summed E-state index contributed by atoms with van der Waals surface area (Å²) in [6.45, 7) is 1.45. The van der Waals surface area contributed by atoms with Crippen LogP contribution in [0.25, 0.3) is 0 Å². The van der Waals surface area contributed by atoms with Crippen molar-refractivity contribution in [2.75, 3.05) is 0 Å². The van der Waals surface area contributed by atoms with Crippen molar-refractivity contribution in [2.24, 2.45) is 0 Å². The van der Waals surface area contributed by atoms with Gasteiger partial charge in [0.2, 0.25) is 5.91 Å². The summed E-state index contributed by atoms with van der Waals surface area (Å²) < 4.78 is 52.7. The van der Waals surface area contributed by atoms with Crippen LogP contribution in [0.1, 0.15) is 24.2 Å². The molecule has 0 spiro atoms. The molecule has 2 aromatic carbocycles. The number of hydrogen-bond donors (Lipinski definition) is 2. The van der Waals surface area contributed by atoms with Gasteiger partial charge in [-0.15, -0.1) is 0 Å². The lowest BCUT2D eigenvalue weighted by molar-refractivity contribution is -0.121. The number of halogens is 4. The summed E-state index contributed by atoms with van der Waals surface area (Å²) in [5.74, 6) is -4.98. The number of carbonyl (C=O) groups is 1. The van der Waals surface area contributed by atoms with E-state index >= 15 is 0 Å². The number of rotatable bonds is 5. The fourth-order valence-corrected chi connectivity index (χ4v) is 2.23. The lowest BCUT2D eigenvalue weighted by Crippen LogP contribution is -2.38. The molecule has 2 rings (SSSR count). The van der Waals surface area contributed by atoms with E-state index in [1.165, 1.54) is 25.1 Å². The van der Waals surface area contributed by atoms with Gasteiger partial charge in [-0.25, -0.2) is 17.6 Å². The molecule has 0 radical (unpaired) electrons. The van der Waals surface area contributed by atoms with Gasteiger partial charge in [0.05, 0.1) is 18.6 Å². The molecule has 1 amide bonds. The topological polar surface area (TPSA) is 49.3 Å². The maximum absolute atomic E-state index is 13.5. The largest absolute Gasteiger partial charge is 0.386 e. The van der Waals surface area contributed by atoms with Crippen LogP contribution >= 0.6 is 0 Å². The summed E-state index contributed by atoms with van der Waals surface area (Å²) >= 11 is 0. The second-order valence-corrected chi connectivity index (χ2v) is 5.36. The number of amides is 1. The van der Waals surface area contributed by atoms with Gasteiger partial charge in [0.25, 0.3) is 0 Å². The molecule has 7 heteroatoms. The molecule has 0 aliphatic carbocycles. The van der Waals surface area contributed by atoms with Crippen LogP contribution in [0.2, 0.25) is 0 Å². The van der Waals surface area contributed by atoms with Gasteiger partial charge in [-0.2, -0.15) is 0 Å². The van der Waals surface area contributed by atoms with Crippen LogP contribution in [0.5, 0.6) is 0 Å². The third-order valence-corrected chi connectivity index (χ3v) is 3.53. The number of aliphatic hydroxyl groups is 1. The average Bonchev–Trinajstić information content (AvgIpc) is 2.53. The SMILES string of the molecule is CC(NC(=O)Cc1cccc(F)c1F)C(O)c1ccc(F)c(F)c1. The molecule has 0 heterocycles. The molecule has 0 saturated heterocycles. The Kier molecular flexibility index (Phi) is 5.56. The number of nitrogens with one attached hydrogen (secondary N) is 1. The van der Waals surface area contributed by atoms with Crippen LogP contribution in [-0.4, -0.2) is 17.1 Å². The Labute approximate surface area is 135 Å². The Morgan fingerprint density at radius 2 is 1.79 bits per heavy atom. The predicted molar refractivity (Wildman–Crippen MR) is 79.0 cm³/mol. The second-order valence-electron chi connectivity index (χ2n) is 5.36. The minimum Gasteiger partial charge on any atom is -0.386 e. The molecule has 0 aromatic heterocycles. The highest BCUT2D eigenvalue weighted by atomic mass is 19.2. The van der Waals surface area contributed by atoms with E-state index in [-0.39, 0.29) is 11.1 Å². The first-order valence-corrected chi connectivity index (χ1v) is 7.15. The summed E-state index contributed by atoms with van der Waals surface area (Å²) in [4.78, 5) is 11.9. The third kappa shape index (κ3) is 4.11. The summed E-state index contributed by atoms with van der Waals surface area (Å²) in [5.41, 5.74) is -0.0411. The summed E-state index contributed by atoms with van der Waals surface area (Å²) in [6, 6.07) is 5.53. The number of benzene rings is 2. The highest BCUT2D eigenvalue weighted by Gasteiger charge is 2.20. The van der Waals surface area contributed by atoms with Gasteiger partial charge in [-0.05, 0) is 30.7 Å². The van der Waals surface area contributed by atoms with Crippen molar-refractivity contribution in [3.63, 3.8) is 0 Å². The summed E-state index contributed by atoms with van der Waals surface area (Å²) in [6.07, 6.45) is -1.71. The monoisotopic (exact) mass is 341 g/mol. The number of carbonyl (C=O) groups excluding carboxylic acids is 1. The lowest BCUT2D eigenvalue weighted by atomic mass is 10.0. The first kappa shape index (κ1) is 17.9. The Morgan fingerprint density at radius 3 is 2.46 bits per heavy atom. The Bertz CT molecular complexity index is 751. The normalized spacial score (nSPS) is 13.4. The van der Waals surface area contributed by atoms with Gasteiger partial charge in [-0.1, -0.05) is 18.2 Å². The van der Waals surface area contributed by atoms with Gasteiger partial charge in [-0.3, -0.25) is 4.79 Å². The zero-order valence-electron chi connectivity index (χ0n) is 12.7. The van der Waals surface area contributed by atoms with Crippen molar-refractivity contribution in [2.45, 2.75) is 25.5 Å². The Balaban J connectivity index is 2.02. The van der Waals surface area contributed by atoms with Crippen molar-refractivity contribution in [3.05, 3.63) is 70.8 Å². The average molecular weight is 341 g/mol. The van der Waals surface area contributed by atoms with E-state index in [1.54, 1.807) is 0 Å². The molecule has 2 N–H and O–H groups in total. The second kappa shape index (κ2) is 7.44. The van der Waals surface area contributed by atoms with Crippen LogP contribution < -0.4 is 5.32 Å². The highest BCUT2D eigenvalue weighted by molar-refractivity contribution is 5.79. The van der Waals surface area contributed by atoms with E-state index in [9.17, 15) is 27.5 Å². The Hall–Kier alpha value is -2.41. The fraction of sp³-hybridized carbons (Fsp3) is 0.235. The summed E-state index contributed by atoms with van der Waals surface area (Å²) in [5, 5.41) is 12.5. The summed E-state index contributed by atoms with van der Waals surface area (Å²) in [7, 11) is 0. The van der Waals surface area contributed by atoms with Crippen LogP contribution in [0.15, 0.2) is 36.4 Å². The van der Waals surface area contributed by atoms with E-state index < -0.39 is 47.7 Å². The standard InChI is InChI=1S/C17H15F4NO2/c1-9(17(24)11-5-6-12(18)14(20)7-11)22-15(23)8-10-3-2-4-13(19)16(10)21/h2-7,9,17,24H,8H2,1H3,(H,22,23). The number of hydrogen-bond acceptors (Lipinski definition) is 2. The van der Waals surface area contributed by atoms with Crippen LogP contribution in [0.4, 0.5) is 17.6 Å². The quantitative estimate of drug-likeness (QED) is 0.822.